The van der Waals surface area contributed by atoms with Gasteiger partial charge in [-0.1, -0.05) is 6.07 Å². The molecule has 3 aromatic rings. The molecule has 5 heteroatoms. The van der Waals surface area contributed by atoms with Gasteiger partial charge in [-0.3, -0.25) is 0 Å². The summed E-state index contributed by atoms with van der Waals surface area (Å²) < 4.78 is 5.40. The van der Waals surface area contributed by atoms with Crippen LogP contribution in [0.2, 0.25) is 0 Å². The van der Waals surface area contributed by atoms with Gasteiger partial charge in [0, 0.05) is 29.0 Å². The molecule has 4 nitrogen and oxygen atoms in total. The molecular weight excluding hydrogens is 270 g/mol. The molecule has 1 saturated heterocycles. The number of ether oxygens (including phenoxy) is 1. The molecule has 1 aliphatic heterocycles. The number of hydrogen-bond acceptors (Lipinski definition) is 4. The fraction of sp³-hybridized carbons (Fsp3) is 0.267. The van der Waals surface area contributed by atoms with Crippen molar-refractivity contribution in [3.05, 3.63) is 36.0 Å². The molecule has 1 aromatic carbocycles. The maximum Gasteiger partial charge on any atom is 0.0931 e. The Kier molecular flexibility index (Phi) is 2.94. The predicted octanol–water partition coefficient (Wildman–Crippen LogP) is 3.13. The van der Waals surface area contributed by atoms with Crippen LogP contribution in [0.25, 0.3) is 21.5 Å². The van der Waals surface area contributed by atoms with Crippen LogP contribution in [-0.4, -0.2) is 36.3 Å². The van der Waals surface area contributed by atoms with Gasteiger partial charge in [-0.2, -0.15) is 0 Å². The minimum Gasteiger partial charge on any atom is -0.378 e. The maximum absolute atomic E-state index is 5.40. The number of benzene rings is 1. The van der Waals surface area contributed by atoms with Crippen molar-refractivity contribution in [2.75, 3.05) is 31.2 Å². The monoisotopic (exact) mass is 285 g/mol. The van der Waals surface area contributed by atoms with Crippen LogP contribution in [0, 0.1) is 0 Å². The van der Waals surface area contributed by atoms with Crippen molar-refractivity contribution in [1.29, 1.82) is 0 Å². The van der Waals surface area contributed by atoms with E-state index in [4.69, 9.17) is 4.74 Å². The molecule has 4 rings (SSSR count). The number of rotatable bonds is 2. The van der Waals surface area contributed by atoms with Crippen LogP contribution < -0.4 is 4.90 Å². The number of imidazole rings is 1. The zero-order chi connectivity index (χ0) is 13.4. The second-order valence-corrected chi connectivity index (χ2v) is 5.81. The summed E-state index contributed by atoms with van der Waals surface area (Å²) in [6, 6.07) is 8.64. The van der Waals surface area contributed by atoms with Crippen LogP contribution in [0.4, 0.5) is 5.69 Å². The first-order valence-electron chi connectivity index (χ1n) is 6.75. The molecule has 0 unspecified atom stereocenters. The smallest absolute Gasteiger partial charge is 0.0931 e. The highest BCUT2D eigenvalue weighted by Crippen LogP contribution is 2.33. The number of aromatic nitrogens is 2. The quantitative estimate of drug-likeness (QED) is 0.786. The van der Waals surface area contributed by atoms with Crippen LogP contribution in [0.3, 0.4) is 0 Å². The summed E-state index contributed by atoms with van der Waals surface area (Å²) in [5.41, 5.74) is 4.65. The largest absolute Gasteiger partial charge is 0.378 e. The summed E-state index contributed by atoms with van der Waals surface area (Å²) >= 11 is 1.79. The molecule has 0 aliphatic carbocycles. The number of H-pyrrole nitrogens is 1. The Hall–Kier alpha value is -1.85. The van der Waals surface area contributed by atoms with Gasteiger partial charge in [-0.05, 0) is 23.8 Å². The van der Waals surface area contributed by atoms with Gasteiger partial charge in [0.05, 0.1) is 30.6 Å². The lowest BCUT2D eigenvalue weighted by Gasteiger charge is -2.27. The first-order valence-corrected chi connectivity index (χ1v) is 7.63. The fourth-order valence-corrected chi connectivity index (χ4v) is 3.47. The van der Waals surface area contributed by atoms with E-state index in [-0.39, 0.29) is 0 Å². The van der Waals surface area contributed by atoms with Crippen molar-refractivity contribution < 1.29 is 4.74 Å². The van der Waals surface area contributed by atoms with Crippen LogP contribution in [0.15, 0.2) is 36.0 Å². The van der Waals surface area contributed by atoms with E-state index in [0.717, 1.165) is 37.3 Å². The molecule has 0 amide bonds. The van der Waals surface area contributed by atoms with Gasteiger partial charge >= 0.3 is 0 Å². The Morgan fingerprint density at radius 2 is 2.10 bits per heavy atom. The third kappa shape index (κ3) is 2.09. The predicted molar refractivity (Wildman–Crippen MR) is 82.4 cm³/mol. The zero-order valence-electron chi connectivity index (χ0n) is 11.0. The van der Waals surface area contributed by atoms with Crippen molar-refractivity contribution in [2.24, 2.45) is 0 Å². The Morgan fingerprint density at radius 3 is 3.00 bits per heavy atom. The van der Waals surface area contributed by atoms with Crippen molar-refractivity contribution in [2.45, 2.75) is 0 Å². The van der Waals surface area contributed by atoms with Crippen molar-refractivity contribution in [1.82, 2.24) is 9.97 Å². The second kappa shape index (κ2) is 4.92. The van der Waals surface area contributed by atoms with Crippen LogP contribution >= 0.6 is 11.3 Å². The van der Waals surface area contributed by atoms with Gasteiger partial charge in [0.1, 0.15) is 0 Å². The van der Waals surface area contributed by atoms with Crippen LogP contribution in [0.5, 0.6) is 0 Å². The summed E-state index contributed by atoms with van der Waals surface area (Å²) in [5.74, 6) is 0. The molecule has 0 atom stereocenters. The molecule has 0 radical (unpaired) electrons. The summed E-state index contributed by atoms with van der Waals surface area (Å²) in [4.78, 5) is 11.1. The molecule has 0 spiro atoms. The molecule has 2 aromatic heterocycles. The number of thiophene rings is 1. The Labute approximate surface area is 121 Å². The minimum absolute atomic E-state index is 0.825. The van der Waals surface area contributed by atoms with Gasteiger partial charge in [-0.15, -0.1) is 11.3 Å². The van der Waals surface area contributed by atoms with E-state index in [0.29, 0.717) is 0 Å². The first-order chi connectivity index (χ1) is 9.90. The number of morpholine rings is 1. The van der Waals surface area contributed by atoms with E-state index in [2.05, 4.69) is 44.5 Å². The topological polar surface area (TPSA) is 41.2 Å². The van der Waals surface area contributed by atoms with E-state index in [1.807, 2.05) is 0 Å². The molecule has 3 heterocycles. The maximum atomic E-state index is 5.40. The Bertz CT molecular complexity index is 727. The van der Waals surface area contributed by atoms with Gasteiger partial charge in [0.15, 0.2) is 0 Å². The van der Waals surface area contributed by atoms with Gasteiger partial charge in [-0.25, -0.2) is 4.98 Å². The summed E-state index contributed by atoms with van der Waals surface area (Å²) in [5, 5.41) is 2.23. The minimum atomic E-state index is 0.825. The third-order valence-electron chi connectivity index (χ3n) is 3.67. The Morgan fingerprint density at radius 1 is 1.20 bits per heavy atom. The lowest BCUT2D eigenvalue weighted by atomic mass is 10.1. The number of fused-ring (bicyclic) bond motifs is 1. The SMILES string of the molecule is c1nc2ccc(-c3cc(N4CCOCC4)cs3)cc2[nH]1. The zero-order valence-corrected chi connectivity index (χ0v) is 11.8. The highest BCUT2D eigenvalue weighted by Gasteiger charge is 2.13. The average Bonchev–Trinajstić information content (AvgIpc) is 3.16. The molecular formula is C15H15N3OS. The van der Waals surface area contributed by atoms with Crippen molar-refractivity contribution in [3.8, 4) is 10.4 Å². The normalized spacial score (nSPS) is 15.9. The highest BCUT2D eigenvalue weighted by atomic mass is 32.1. The van der Waals surface area contributed by atoms with E-state index < -0.39 is 0 Å². The number of hydrogen-bond donors (Lipinski definition) is 1. The molecule has 20 heavy (non-hydrogen) atoms. The molecule has 0 saturated carbocycles. The fourth-order valence-electron chi connectivity index (χ4n) is 2.55. The summed E-state index contributed by atoms with van der Waals surface area (Å²) in [6.07, 6.45) is 1.74. The van der Waals surface area contributed by atoms with Gasteiger partial charge in [0.2, 0.25) is 0 Å². The Balaban J connectivity index is 1.66. The molecule has 1 aliphatic rings. The third-order valence-corrected chi connectivity index (χ3v) is 4.63. The van der Waals surface area contributed by atoms with E-state index >= 15 is 0 Å². The van der Waals surface area contributed by atoms with Crippen LogP contribution in [0.1, 0.15) is 0 Å². The van der Waals surface area contributed by atoms with E-state index in [9.17, 15) is 0 Å². The number of anilines is 1. The van der Waals surface area contributed by atoms with Crippen molar-refractivity contribution >= 4 is 28.1 Å². The van der Waals surface area contributed by atoms with Gasteiger partial charge in [0.25, 0.3) is 0 Å². The summed E-state index contributed by atoms with van der Waals surface area (Å²) in [6.45, 7) is 3.61. The standard InChI is InChI=1S/C15H15N3OS/c1-2-13-14(17-10-16-13)7-11(1)15-8-12(9-20-15)18-3-5-19-6-4-18/h1-2,7-10H,3-6H2,(H,16,17). The van der Waals surface area contributed by atoms with Gasteiger partial charge < -0.3 is 14.6 Å². The first kappa shape index (κ1) is 11.9. The lowest BCUT2D eigenvalue weighted by molar-refractivity contribution is 0.123. The molecule has 0 bridgehead atoms. The number of nitrogens with zero attached hydrogens (tertiary/aromatic N) is 2. The van der Waals surface area contributed by atoms with E-state index in [1.54, 1.807) is 17.7 Å². The lowest BCUT2D eigenvalue weighted by Crippen LogP contribution is -2.35. The molecule has 102 valence electrons. The molecule has 1 N–H and O–H groups in total. The summed E-state index contributed by atoms with van der Waals surface area (Å²) in [7, 11) is 0. The number of nitrogens with one attached hydrogen (secondary N) is 1. The molecule has 1 fully saturated rings. The van der Waals surface area contributed by atoms with Crippen molar-refractivity contribution in [3.63, 3.8) is 0 Å². The van der Waals surface area contributed by atoms with E-state index in [1.165, 1.54) is 16.1 Å². The average molecular weight is 285 g/mol. The number of aromatic amines is 1. The second-order valence-electron chi connectivity index (χ2n) is 4.90. The van der Waals surface area contributed by atoms with Crippen LogP contribution in [-0.2, 0) is 4.74 Å². The highest BCUT2D eigenvalue weighted by molar-refractivity contribution is 7.14.